The summed E-state index contributed by atoms with van der Waals surface area (Å²) >= 11 is 0. The van der Waals surface area contributed by atoms with Crippen molar-refractivity contribution in [1.82, 2.24) is 0 Å². The van der Waals surface area contributed by atoms with Crippen LogP contribution in [0.5, 0.6) is 0 Å². The van der Waals surface area contributed by atoms with Gasteiger partial charge in [-0.15, -0.1) is 0 Å². The Kier molecular flexibility index (Phi) is 4.09. The van der Waals surface area contributed by atoms with Crippen LogP contribution >= 0.6 is 0 Å². The first-order valence-corrected chi connectivity index (χ1v) is 7.52. The molecule has 1 saturated carbocycles. The molecule has 0 aromatic heterocycles. The minimum Gasteiger partial charge on any atom is -0.370 e. The molecule has 0 atom stereocenters. The molecule has 1 fully saturated rings. The molecule has 0 bridgehead atoms. The molecule has 2 aromatic rings. The third-order valence-electron chi connectivity index (χ3n) is 4.07. The van der Waals surface area contributed by atoms with E-state index < -0.39 is 0 Å². The summed E-state index contributed by atoms with van der Waals surface area (Å²) in [6, 6.07) is 15.0. The molecule has 114 valence electrons. The number of anilines is 1. The summed E-state index contributed by atoms with van der Waals surface area (Å²) in [7, 11) is 0. The first-order valence-electron chi connectivity index (χ1n) is 7.52. The van der Waals surface area contributed by atoms with Gasteiger partial charge >= 0.3 is 0 Å². The van der Waals surface area contributed by atoms with Crippen LogP contribution in [0.4, 0.5) is 10.1 Å². The quantitative estimate of drug-likeness (QED) is 0.668. The van der Waals surface area contributed by atoms with Crippen molar-refractivity contribution in [3.05, 3.63) is 65.5 Å². The van der Waals surface area contributed by atoms with Gasteiger partial charge in [-0.25, -0.2) is 9.38 Å². The van der Waals surface area contributed by atoms with Gasteiger partial charge in [-0.2, -0.15) is 0 Å². The van der Waals surface area contributed by atoms with E-state index in [4.69, 9.17) is 5.73 Å². The minimum atomic E-state index is -0.191. The van der Waals surface area contributed by atoms with Crippen molar-refractivity contribution in [2.24, 2.45) is 10.7 Å². The van der Waals surface area contributed by atoms with Crippen molar-refractivity contribution in [1.29, 1.82) is 0 Å². The Morgan fingerprint density at radius 2 is 1.91 bits per heavy atom. The number of hydrogen-bond acceptors (Lipinski definition) is 1. The minimum absolute atomic E-state index is 0.191. The lowest BCUT2D eigenvalue weighted by Crippen LogP contribution is -2.31. The third kappa shape index (κ3) is 3.45. The van der Waals surface area contributed by atoms with Gasteiger partial charge in [0.15, 0.2) is 5.96 Å². The first kappa shape index (κ1) is 14.6. The molecule has 0 heterocycles. The molecule has 22 heavy (non-hydrogen) atoms. The van der Waals surface area contributed by atoms with E-state index in [0.717, 1.165) is 18.5 Å². The molecule has 1 aliphatic carbocycles. The average Bonchev–Trinajstić information content (AvgIpc) is 2.44. The molecular weight excluding hydrogens is 277 g/mol. The van der Waals surface area contributed by atoms with Crippen LogP contribution in [-0.2, 0) is 0 Å². The summed E-state index contributed by atoms with van der Waals surface area (Å²) in [5.74, 6) is 0.721. The molecule has 2 aromatic carbocycles. The Labute approximate surface area is 130 Å². The Balaban J connectivity index is 1.55. The number of guanidine groups is 1. The lowest BCUT2D eigenvalue weighted by atomic mass is 9.76. The zero-order valence-corrected chi connectivity index (χ0v) is 12.6. The average molecular weight is 297 g/mol. The fraction of sp³-hybridized carbons (Fsp3) is 0.278. The van der Waals surface area contributed by atoms with E-state index in [1.807, 2.05) is 43.3 Å². The second kappa shape index (κ2) is 6.18. The van der Waals surface area contributed by atoms with Gasteiger partial charge < -0.3 is 11.1 Å². The van der Waals surface area contributed by atoms with Crippen LogP contribution in [-0.4, -0.2) is 12.0 Å². The van der Waals surface area contributed by atoms with Gasteiger partial charge in [-0.1, -0.05) is 24.3 Å². The summed E-state index contributed by atoms with van der Waals surface area (Å²) in [5, 5.41) is 3.12. The highest BCUT2D eigenvalue weighted by atomic mass is 19.1. The number of rotatable bonds is 3. The van der Waals surface area contributed by atoms with Crippen molar-refractivity contribution >= 4 is 11.6 Å². The molecule has 3 N–H and O–H groups in total. The van der Waals surface area contributed by atoms with Crippen molar-refractivity contribution in [3.63, 3.8) is 0 Å². The van der Waals surface area contributed by atoms with Crippen molar-refractivity contribution in [3.8, 4) is 0 Å². The maximum Gasteiger partial charge on any atom is 0.193 e. The molecular formula is C18H20FN3. The lowest BCUT2D eigenvalue weighted by Gasteiger charge is -2.33. The number of aliphatic imine (C=N–C) groups is 1. The van der Waals surface area contributed by atoms with Crippen LogP contribution in [0.25, 0.3) is 0 Å². The van der Waals surface area contributed by atoms with E-state index in [-0.39, 0.29) is 11.9 Å². The smallest absolute Gasteiger partial charge is 0.193 e. The van der Waals surface area contributed by atoms with Gasteiger partial charge in [0.2, 0.25) is 0 Å². The molecule has 0 amide bonds. The SMILES string of the molecule is Cc1cccc(NC(N)=NC2CC(c3ccc(F)cc3)C2)c1. The predicted octanol–water partition coefficient (Wildman–Crippen LogP) is 3.81. The fourth-order valence-corrected chi connectivity index (χ4v) is 2.80. The Morgan fingerprint density at radius 1 is 1.18 bits per heavy atom. The summed E-state index contributed by atoms with van der Waals surface area (Å²) in [4.78, 5) is 4.51. The van der Waals surface area contributed by atoms with Gasteiger partial charge in [0.1, 0.15) is 5.82 Å². The third-order valence-corrected chi connectivity index (χ3v) is 4.07. The van der Waals surface area contributed by atoms with Crippen LogP contribution in [0.1, 0.15) is 29.9 Å². The normalized spacial score (nSPS) is 21.3. The second-order valence-electron chi connectivity index (χ2n) is 5.88. The van der Waals surface area contributed by atoms with Crippen LogP contribution in [0.2, 0.25) is 0 Å². The fourth-order valence-electron chi connectivity index (χ4n) is 2.80. The second-order valence-corrected chi connectivity index (χ2v) is 5.88. The largest absolute Gasteiger partial charge is 0.370 e. The number of nitrogens with zero attached hydrogens (tertiary/aromatic N) is 1. The van der Waals surface area contributed by atoms with E-state index in [2.05, 4.69) is 10.3 Å². The first-order chi connectivity index (χ1) is 10.6. The van der Waals surface area contributed by atoms with Crippen molar-refractivity contribution < 1.29 is 4.39 Å². The summed E-state index contributed by atoms with van der Waals surface area (Å²) in [5.41, 5.74) is 9.27. The summed E-state index contributed by atoms with van der Waals surface area (Å²) < 4.78 is 12.9. The Hall–Kier alpha value is -2.36. The number of nitrogens with one attached hydrogen (secondary N) is 1. The molecule has 4 heteroatoms. The standard InChI is InChI=1S/C18H20FN3/c1-12-3-2-4-16(9-12)21-18(20)22-17-10-14(11-17)13-5-7-15(19)8-6-13/h2-9,14,17H,10-11H2,1H3,(H3,20,21,22). The molecule has 0 spiro atoms. The molecule has 0 saturated heterocycles. The summed E-state index contributed by atoms with van der Waals surface area (Å²) in [6.45, 7) is 2.04. The number of benzene rings is 2. The van der Waals surface area contributed by atoms with Gasteiger partial charge in [0.05, 0.1) is 6.04 Å². The highest BCUT2D eigenvalue weighted by Crippen LogP contribution is 2.38. The number of aryl methyl sites for hydroxylation is 1. The van der Waals surface area contributed by atoms with E-state index in [9.17, 15) is 4.39 Å². The number of halogens is 1. The highest BCUT2D eigenvalue weighted by Gasteiger charge is 2.30. The van der Waals surface area contributed by atoms with E-state index in [1.54, 1.807) is 0 Å². The molecule has 0 unspecified atom stereocenters. The lowest BCUT2D eigenvalue weighted by molar-refractivity contribution is 0.353. The zero-order chi connectivity index (χ0) is 15.5. The van der Waals surface area contributed by atoms with E-state index in [0.29, 0.717) is 11.9 Å². The topological polar surface area (TPSA) is 50.4 Å². The molecule has 0 radical (unpaired) electrons. The molecule has 3 rings (SSSR count). The Morgan fingerprint density at radius 3 is 2.59 bits per heavy atom. The van der Waals surface area contributed by atoms with Crippen LogP contribution in [0, 0.1) is 12.7 Å². The zero-order valence-electron chi connectivity index (χ0n) is 12.6. The summed E-state index contributed by atoms with van der Waals surface area (Å²) in [6.07, 6.45) is 1.92. The van der Waals surface area contributed by atoms with Crippen molar-refractivity contribution in [2.75, 3.05) is 5.32 Å². The van der Waals surface area contributed by atoms with Crippen molar-refractivity contribution in [2.45, 2.75) is 31.7 Å². The Bertz CT molecular complexity index is 673. The van der Waals surface area contributed by atoms with E-state index >= 15 is 0 Å². The molecule has 1 aliphatic rings. The predicted molar refractivity (Wildman–Crippen MR) is 88.6 cm³/mol. The van der Waals surface area contributed by atoms with Gasteiger partial charge in [-0.3, -0.25) is 0 Å². The maximum atomic E-state index is 12.9. The van der Waals surface area contributed by atoms with Crippen LogP contribution < -0.4 is 11.1 Å². The van der Waals surface area contributed by atoms with Gasteiger partial charge in [0.25, 0.3) is 0 Å². The monoisotopic (exact) mass is 297 g/mol. The number of hydrogen-bond donors (Lipinski definition) is 2. The van der Waals surface area contributed by atoms with Gasteiger partial charge in [0, 0.05) is 5.69 Å². The van der Waals surface area contributed by atoms with Crippen LogP contribution in [0.3, 0.4) is 0 Å². The highest BCUT2D eigenvalue weighted by molar-refractivity contribution is 5.92. The van der Waals surface area contributed by atoms with Gasteiger partial charge in [-0.05, 0) is 61.1 Å². The molecule has 0 aliphatic heterocycles. The van der Waals surface area contributed by atoms with Crippen LogP contribution in [0.15, 0.2) is 53.5 Å². The van der Waals surface area contributed by atoms with E-state index in [1.165, 1.54) is 23.3 Å². The number of nitrogens with two attached hydrogens (primary N) is 1. The molecule has 3 nitrogen and oxygen atoms in total. The maximum absolute atomic E-state index is 12.9.